The first-order chi connectivity index (χ1) is 5.61. The Morgan fingerprint density at radius 2 is 2.33 bits per heavy atom. The van der Waals surface area contributed by atoms with Crippen LogP contribution < -0.4 is 0 Å². The summed E-state index contributed by atoms with van der Waals surface area (Å²) in [5.74, 6) is 0.665. The molecule has 5 heteroatoms. The van der Waals surface area contributed by atoms with Gasteiger partial charge in [0.1, 0.15) is 4.32 Å². The van der Waals surface area contributed by atoms with Crippen molar-refractivity contribution in [2.45, 2.75) is 0 Å². The van der Waals surface area contributed by atoms with E-state index in [9.17, 15) is 4.79 Å². The number of amides is 1. The van der Waals surface area contributed by atoms with Gasteiger partial charge in [0.2, 0.25) is 5.91 Å². The van der Waals surface area contributed by atoms with Crippen LogP contribution in [0, 0.1) is 0 Å². The number of carbonyl (C=O) groups is 1. The van der Waals surface area contributed by atoms with Gasteiger partial charge in [0.05, 0.1) is 5.75 Å². The van der Waals surface area contributed by atoms with E-state index in [1.807, 2.05) is 19.0 Å². The van der Waals surface area contributed by atoms with Crippen molar-refractivity contribution in [3.8, 4) is 0 Å². The highest BCUT2D eigenvalue weighted by Gasteiger charge is 2.25. The fourth-order valence-corrected chi connectivity index (χ4v) is 2.02. The summed E-state index contributed by atoms with van der Waals surface area (Å²) in [7, 11) is 3.97. The molecular weight excluding hydrogens is 192 g/mol. The second kappa shape index (κ2) is 4.20. The number of hydrogen-bond donors (Lipinski definition) is 0. The predicted molar refractivity (Wildman–Crippen MR) is 55.3 cm³/mol. The topological polar surface area (TPSA) is 23.6 Å². The SMILES string of the molecule is CN(C)CCN1C(=O)CSC1=S. The quantitative estimate of drug-likeness (QED) is 0.621. The van der Waals surface area contributed by atoms with Crippen LogP contribution in [-0.2, 0) is 4.79 Å². The van der Waals surface area contributed by atoms with Crippen molar-refractivity contribution in [3.05, 3.63) is 0 Å². The molecule has 0 radical (unpaired) electrons. The molecule has 1 aliphatic rings. The Bertz CT molecular complexity index is 190. The van der Waals surface area contributed by atoms with Gasteiger partial charge in [-0.05, 0) is 14.1 Å². The summed E-state index contributed by atoms with van der Waals surface area (Å²) < 4.78 is 0.724. The highest BCUT2D eigenvalue weighted by molar-refractivity contribution is 8.23. The van der Waals surface area contributed by atoms with Crippen LogP contribution in [0.25, 0.3) is 0 Å². The molecule has 1 aliphatic heterocycles. The van der Waals surface area contributed by atoms with E-state index in [4.69, 9.17) is 12.2 Å². The molecule has 1 fully saturated rings. The van der Waals surface area contributed by atoms with Crippen LogP contribution in [0.1, 0.15) is 0 Å². The van der Waals surface area contributed by atoms with Crippen molar-refractivity contribution in [2.75, 3.05) is 32.9 Å². The lowest BCUT2D eigenvalue weighted by molar-refractivity contribution is -0.124. The number of hydrogen-bond acceptors (Lipinski definition) is 4. The molecule has 0 spiro atoms. The number of nitrogens with zero attached hydrogens (tertiary/aromatic N) is 2. The number of rotatable bonds is 3. The van der Waals surface area contributed by atoms with E-state index in [-0.39, 0.29) is 5.91 Å². The standard InChI is InChI=1S/C7H12N2OS2/c1-8(2)3-4-9-6(10)5-12-7(9)11/h3-5H2,1-2H3. The van der Waals surface area contributed by atoms with E-state index < -0.39 is 0 Å². The Balaban J connectivity index is 2.40. The molecule has 68 valence electrons. The first-order valence-corrected chi connectivity index (χ1v) is 5.12. The second-order valence-corrected chi connectivity index (χ2v) is 4.51. The molecule has 12 heavy (non-hydrogen) atoms. The monoisotopic (exact) mass is 204 g/mol. The van der Waals surface area contributed by atoms with Gasteiger partial charge in [0.25, 0.3) is 0 Å². The van der Waals surface area contributed by atoms with Crippen LogP contribution in [0.3, 0.4) is 0 Å². The molecule has 0 saturated carbocycles. The van der Waals surface area contributed by atoms with E-state index in [1.165, 1.54) is 11.8 Å². The minimum Gasteiger partial charge on any atom is -0.308 e. The third-order valence-corrected chi connectivity index (χ3v) is 3.04. The van der Waals surface area contributed by atoms with Crippen molar-refractivity contribution in [3.63, 3.8) is 0 Å². The minimum absolute atomic E-state index is 0.145. The van der Waals surface area contributed by atoms with E-state index >= 15 is 0 Å². The Kier molecular flexibility index (Phi) is 3.49. The maximum Gasteiger partial charge on any atom is 0.238 e. The summed E-state index contributed by atoms with van der Waals surface area (Å²) in [5.41, 5.74) is 0. The molecule has 0 aromatic rings. The van der Waals surface area contributed by atoms with Gasteiger partial charge in [-0.3, -0.25) is 9.69 Å². The van der Waals surface area contributed by atoms with Crippen molar-refractivity contribution in [1.29, 1.82) is 0 Å². The van der Waals surface area contributed by atoms with Crippen molar-refractivity contribution in [1.82, 2.24) is 9.80 Å². The minimum atomic E-state index is 0.145. The number of likely N-dealkylation sites (N-methyl/N-ethyl adjacent to an activating group) is 1. The molecule has 0 unspecified atom stereocenters. The van der Waals surface area contributed by atoms with Gasteiger partial charge in [-0.15, -0.1) is 0 Å². The molecule has 1 heterocycles. The van der Waals surface area contributed by atoms with Crippen LogP contribution in [0.4, 0.5) is 0 Å². The Morgan fingerprint density at radius 3 is 2.75 bits per heavy atom. The van der Waals surface area contributed by atoms with Crippen LogP contribution in [0.5, 0.6) is 0 Å². The number of thioether (sulfide) groups is 1. The molecule has 0 atom stereocenters. The van der Waals surface area contributed by atoms with Gasteiger partial charge in [-0.2, -0.15) is 0 Å². The summed E-state index contributed by atoms with van der Waals surface area (Å²) in [4.78, 5) is 14.9. The Labute approximate surface area is 82.1 Å². The third-order valence-electron chi connectivity index (χ3n) is 1.61. The Hall–Kier alpha value is -0.130. The van der Waals surface area contributed by atoms with Crippen molar-refractivity contribution >= 4 is 34.2 Å². The molecule has 0 N–H and O–H groups in total. The summed E-state index contributed by atoms with van der Waals surface area (Å²) >= 11 is 6.47. The smallest absolute Gasteiger partial charge is 0.238 e. The fourth-order valence-electron chi connectivity index (χ4n) is 0.897. The van der Waals surface area contributed by atoms with Crippen LogP contribution in [0.15, 0.2) is 0 Å². The predicted octanol–water partition coefficient (Wildman–Crippen LogP) is 0.408. The van der Waals surface area contributed by atoms with Crippen molar-refractivity contribution in [2.24, 2.45) is 0 Å². The molecule has 0 aromatic carbocycles. The molecule has 1 amide bonds. The van der Waals surface area contributed by atoms with E-state index in [0.717, 1.165) is 17.4 Å². The lowest BCUT2D eigenvalue weighted by Gasteiger charge is -2.17. The number of carbonyl (C=O) groups excluding carboxylic acids is 1. The molecule has 1 rings (SSSR count). The highest BCUT2D eigenvalue weighted by Crippen LogP contribution is 2.18. The molecule has 0 aromatic heterocycles. The van der Waals surface area contributed by atoms with Gasteiger partial charge in [-0.25, -0.2) is 0 Å². The average Bonchev–Trinajstić information content (AvgIpc) is 2.28. The van der Waals surface area contributed by atoms with Gasteiger partial charge in [0, 0.05) is 13.1 Å². The first-order valence-electron chi connectivity index (χ1n) is 3.73. The van der Waals surface area contributed by atoms with Crippen LogP contribution in [-0.4, -0.2) is 53.0 Å². The summed E-state index contributed by atoms with van der Waals surface area (Å²) in [6.45, 7) is 1.59. The van der Waals surface area contributed by atoms with E-state index in [2.05, 4.69) is 0 Å². The van der Waals surface area contributed by atoms with Gasteiger partial charge < -0.3 is 4.90 Å². The third kappa shape index (κ3) is 2.43. The second-order valence-electron chi connectivity index (χ2n) is 2.90. The van der Waals surface area contributed by atoms with Gasteiger partial charge >= 0.3 is 0 Å². The molecule has 0 aliphatic carbocycles. The normalized spacial score (nSPS) is 18.1. The fraction of sp³-hybridized carbons (Fsp3) is 0.714. The molecule has 3 nitrogen and oxygen atoms in total. The van der Waals surface area contributed by atoms with E-state index in [1.54, 1.807) is 4.90 Å². The zero-order valence-electron chi connectivity index (χ0n) is 7.24. The van der Waals surface area contributed by atoms with Crippen molar-refractivity contribution < 1.29 is 4.79 Å². The number of thiocarbonyl (C=S) groups is 1. The summed E-state index contributed by atoms with van der Waals surface area (Å²) in [5, 5.41) is 0. The summed E-state index contributed by atoms with van der Waals surface area (Å²) in [6.07, 6.45) is 0. The maximum atomic E-state index is 11.2. The molecule has 1 saturated heterocycles. The molecule has 0 bridgehead atoms. The van der Waals surface area contributed by atoms with Gasteiger partial charge in [-0.1, -0.05) is 24.0 Å². The zero-order chi connectivity index (χ0) is 9.14. The Morgan fingerprint density at radius 1 is 1.67 bits per heavy atom. The van der Waals surface area contributed by atoms with E-state index in [0.29, 0.717) is 5.75 Å². The largest absolute Gasteiger partial charge is 0.308 e. The maximum absolute atomic E-state index is 11.2. The van der Waals surface area contributed by atoms with Crippen LogP contribution >= 0.6 is 24.0 Å². The lowest BCUT2D eigenvalue weighted by atomic mass is 10.5. The highest BCUT2D eigenvalue weighted by atomic mass is 32.2. The molecular formula is C7H12N2OS2. The summed E-state index contributed by atoms with van der Waals surface area (Å²) in [6, 6.07) is 0. The average molecular weight is 204 g/mol. The zero-order valence-corrected chi connectivity index (χ0v) is 8.87. The lowest BCUT2D eigenvalue weighted by Crippen LogP contribution is -2.34. The van der Waals surface area contributed by atoms with Gasteiger partial charge in [0.15, 0.2) is 0 Å². The van der Waals surface area contributed by atoms with Crippen LogP contribution in [0.2, 0.25) is 0 Å². The first kappa shape index (κ1) is 9.95.